The molecule has 3 heterocycles. The fraction of sp³-hybridized carbons (Fsp3) is 0.172. The number of para-hydroxylation sites is 1. The number of nitrogens with one attached hydrogen (secondary N) is 1. The fourth-order valence-electron chi connectivity index (χ4n) is 11.5. The van der Waals surface area contributed by atoms with E-state index in [2.05, 4.69) is 211 Å². The van der Waals surface area contributed by atoms with Crippen molar-refractivity contribution in [2.75, 3.05) is 5.32 Å². The Morgan fingerprint density at radius 2 is 1.19 bits per heavy atom. The molecule has 3 aliphatic rings. The first kappa shape index (κ1) is 35.9. The molecule has 1 N–H and O–H groups in total. The van der Waals surface area contributed by atoms with E-state index in [9.17, 15) is 0 Å². The lowest BCUT2D eigenvalue weighted by Crippen LogP contribution is -2.37. The average molecular weight is 798 g/mol. The summed E-state index contributed by atoms with van der Waals surface area (Å²) >= 11 is 0. The minimum Gasteiger partial charge on any atom is -0.455 e. The van der Waals surface area contributed by atoms with Gasteiger partial charge in [-0.05, 0) is 115 Å². The monoisotopic (exact) mass is 797 g/mol. The maximum atomic E-state index is 6.83. The smallest absolute Gasteiger partial charge is 0.197 e. The van der Waals surface area contributed by atoms with E-state index in [-0.39, 0.29) is 16.2 Å². The van der Waals surface area contributed by atoms with Gasteiger partial charge in [0, 0.05) is 55.1 Å². The highest BCUT2D eigenvalue weighted by molar-refractivity contribution is 6.73. The number of fused-ring (bicyclic) bond motifs is 15. The Balaban J connectivity index is 1.11. The molecule has 8 aromatic carbocycles. The van der Waals surface area contributed by atoms with E-state index in [1.807, 2.05) is 0 Å². The van der Waals surface area contributed by atoms with E-state index in [1.54, 1.807) is 0 Å². The molecule has 2 aliphatic carbocycles. The van der Waals surface area contributed by atoms with Crippen LogP contribution in [0.5, 0.6) is 0 Å². The van der Waals surface area contributed by atoms with Crippen molar-refractivity contribution in [3.05, 3.63) is 173 Å². The second kappa shape index (κ2) is 12.0. The molecule has 3 nitrogen and oxygen atoms in total. The van der Waals surface area contributed by atoms with Crippen molar-refractivity contribution >= 4 is 73.3 Å². The molecule has 13 rings (SSSR count). The lowest BCUT2D eigenvalue weighted by atomic mass is 9.58. The van der Waals surface area contributed by atoms with Crippen LogP contribution in [0.25, 0.3) is 82.8 Å². The van der Waals surface area contributed by atoms with Crippen molar-refractivity contribution < 1.29 is 4.42 Å². The number of hydrogen-bond acceptors (Lipinski definition) is 2. The summed E-state index contributed by atoms with van der Waals surface area (Å²) in [6.45, 7) is 16.3. The SMILES string of the molecule is CC(C)(C)c1ccc(Nc2cc3c(cc2-c2ccc4c5c6oc7ccccc7c6ccc5n5c4c2[B]c2cc4c(cc2-5)C(C)(C)c2ccccc2-4)C(C)(C)c2ccccc2-3)cc1. The second-order valence-corrected chi connectivity index (χ2v) is 20.0. The summed E-state index contributed by atoms with van der Waals surface area (Å²) in [6.07, 6.45) is 0. The molecule has 0 unspecified atom stereocenters. The summed E-state index contributed by atoms with van der Waals surface area (Å²) in [5, 5.41) is 8.63. The van der Waals surface area contributed by atoms with E-state index in [0.717, 1.165) is 44.2 Å². The van der Waals surface area contributed by atoms with Crippen LogP contribution in [0.2, 0.25) is 0 Å². The third-order valence-electron chi connectivity index (χ3n) is 14.8. The summed E-state index contributed by atoms with van der Waals surface area (Å²) < 4.78 is 9.38. The maximum absolute atomic E-state index is 6.83. The molecule has 0 spiro atoms. The topological polar surface area (TPSA) is 30.1 Å². The molecular weight excluding hydrogens is 751 g/mol. The van der Waals surface area contributed by atoms with Crippen LogP contribution in [-0.4, -0.2) is 11.8 Å². The third-order valence-corrected chi connectivity index (χ3v) is 14.8. The number of nitrogens with zero attached hydrogens (tertiary/aromatic N) is 1. The van der Waals surface area contributed by atoms with E-state index in [0.29, 0.717) is 0 Å². The van der Waals surface area contributed by atoms with Gasteiger partial charge in [-0.1, -0.05) is 151 Å². The zero-order valence-corrected chi connectivity index (χ0v) is 36.3. The van der Waals surface area contributed by atoms with Crippen molar-refractivity contribution in [2.45, 2.75) is 64.7 Å². The highest BCUT2D eigenvalue weighted by atomic mass is 16.3. The van der Waals surface area contributed by atoms with Crippen LogP contribution in [-0.2, 0) is 16.2 Å². The van der Waals surface area contributed by atoms with Crippen LogP contribution in [0.15, 0.2) is 150 Å². The van der Waals surface area contributed by atoms with Crippen LogP contribution in [0.1, 0.15) is 76.3 Å². The minimum atomic E-state index is -0.159. The van der Waals surface area contributed by atoms with Crippen molar-refractivity contribution in [2.24, 2.45) is 0 Å². The Morgan fingerprint density at radius 3 is 1.92 bits per heavy atom. The molecule has 10 aromatic rings. The van der Waals surface area contributed by atoms with Crippen LogP contribution < -0.4 is 16.2 Å². The maximum Gasteiger partial charge on any atom is 0.197 e. The van der Waals surface area contributed by atoms with Crippen molar-refractivity contribution in [1.82, 2.24) is 4.57 Å². The molecule has 0 fully saturated rings. The molecule has 0 amide bonds. The Bertz CT molecular complexity index is 3610. The van der Waals surface area contributed by atoms with Gasteiger partial charge in [0.25, 0.3) is 0 Å². The van der Waals surface area contributed by atoms with Crippen molar-refractivity contribution in [1.29, 1.82) is 0 Å². The third kappa shape index (κ3) is 4.67. The van der Waals surface area contributed by atoms with E-state index in [1.165, 1.54) is 88.7 Å². The molecule has 0 saturated heterocycles. The van der Waals surface area contributed by atoms with Gasteiger partial charge < -0.3 is 14.3 Å². The lowest BCUT2D eigenvalue weighted by Gasteiger charge is -2.28. The van der Waals surface area contributed by atoms with Crippen LogP contribution in [0.3, 0.4) is 0 Å². The molecule has 62 heavy (non-hydrogen) atoms. The molecule has 0 atom stereocenters. The first-order valence-electron chi connectivity index (χ1n) is 22.1. The fourth-order valence-corrected chi connectivity index (χ4v) is 11.5. The van der Waals surface area contributed by atoms with Gasteiger partial charge in [-0.2, -0.15) is 0 Å². The first-order chi connectivity index (χ1) is 29.9. The standard InChI is InChI=1S/C58H46BN2O/c1-56(2,3)32-20-22-33(23-21-32)60-48-30-41-35-15-9-12-18-44(35)57(4,5)45(41)28-42(48)37-24-25-39-52-49(27-26-38-36-16-10-13-19-51(36)62-55(38)52)61-50-31-46-40(29-47(50)59-53(37)54(39)61)34-14-8-11-17-43(34)58(46,6)7/h8-31,60H,1-7H3. The Hall–Kier alpha value is -6.78. The number of benzene rings is 8. The summed E-state index contributed by atoms with van der Waals surface area (Å²) in [5.41, 5.74) is 24.3. The second-order valence-electron chi connectivity index (χ2n) is 20.0. The van der Waals surface area contributed by atoms with Crippen LogP contribution in [0.4, 0.5) is 11.4 Å². The summed E-state index contributed by atoms with van der Waals surface area (Å²) in [4.78, 5) is 0. The number of aromatic nitrogens is 1. The quantitative estimate of drug-likeness (QED) is 0.181. The summed E-state index contributed by atoms with van der Waals surface area (Å²) in [7, 11) is 2.48. The molecule has 1 aliphatic heterocycles. The number of rotatable bonds is 3. The minimum absolute atomic E-state index is 0.0705. The number of hydrogen-bond donors (Lipinski definition) is 1. The van der Waals surface area contributed by atoms with Gasteiger partial charge in [-0.25, -0.2) is 0 Å². The highest BCUT2D eigenvalue weighted by Gasteiger charge is 2.39. The van der Waals surface area contributed by atoms with Gasteiger partial charge in [0.1, 0.15) is 11.2 Å². The van der Waals surface area contributed by atoms with Gasteiger partial charge >= 0.3 is 0 Å². The summed E-state index contributed by atoms with van der Waals surface area (Å²) in [6, 6.07) is 54.6. The predicted molar refractivity (Wildman–Crippen MR) is 262 cm³/mol. The van der Waals surface area contributed by atoms with Gasteiger partial charge in [0.05, 0.1) is 10.9 Å². The van der Waals surface area contributed by atoms with Crippen molar-refractivity contribution in [3.63, 3.8) is 0 Å². The predicted octanol–water partition coefficient (Wildman–Crippen LogP) is 14.0. The Morgan fingerprint density at radius 1 is 0.548 bits per heavy atom. The molecule has 1 radical (unpaired) electrons. The Kier molecular flexibility index (Phi) is 6.94. The molecule has 297 valence electrons. The molecule has 2 aromatic heterocycles. The van der Waals surface area contributed by atoms with E-state index >= 15 is 0 Å². The average Bonchev–Trinajstić information content (AvgIpc) is 3.95. The largest absolute Gasteiger partial charge is 0.455 e. The van der Waals surface area contributed by atoms with Crippen LogP contribution in [0, 0.1) is 0 Å². The number of furan rings is 1. The van der Waals surface area contributed by atoms with Gasteiger partial charge in [0.2, 0.25) is 0 Å². The van der Waals surface area contributed by atoms with E-state index in [4.69, 9.17) is 4.42 Å². The van der Waals surface area contributed by atoms with Crippen LogP contribution >= 0.6 is 0 Å². The zero-order valence-electron chi connectivity index (χ0n) is 36.3. The summed E-state index contributed by atoms with van der Waals surface area (Å²) in [5.74, 6) is 0. The van der Waals surface area contributed by atoms with Gasteiger partial charge in [-0.3, -0.25) is 0 Å². The normalized spacial score (nSPS) is 15.1. The van der Waals surface area contributed by atoms with Gasteiger partial charge in [-0.15, -0.1) is 0 Å². The van der Waals surface area contributed by atoms with Crippen molar-refractivity contribution in [3.8, 4) is 39.1 Å². The van der Waals surface area contributed by atoms with E-state index < -0.39 is 0 Å². The molecule has 0 saturated carbocycles. The first-order valence-corrected chi connectivity index (χ1v) is 22.1. The zero-order chi connectivity index (χ0) is 42.0. The Labute approximate surface area is 363 Å². The van der Waals surface area contributed by atoms with Gasteiger partial charge in [0.15, 0.2) is 7.28 Å². The molecule has 4 heteroatoms. The number of anilines is 2. The highest BCUT2D eigenvalue weighted by Crippen LogP contribution is 2.53. The molecular formula is C58H46BN2O. The molecule has 0 bridgehead atoms. The lowest BCUT2D eigenvalue weighted by molar-refractivity contribution is 0.590.